The lowest BCUT2D eigenvalue weighted by Gasteiger charge is -2.21. The first-order chi connectivity index (χ1) is 8.57. The van der Waals surface area contributed by atoms with Crippen molar-refractivity contribution in [2.75, 3.05) is 26.8 Å². The molecule has 0 fully saturated rings. The maximum Gasteiger partial charge on any atom is 0.243 e. The minimum absolute atomic E-state index is 0.178. The van der Waals surface area contributed by atoms with Gasteiger partial charge < -0.3 is 4.74 Å². The van der Waals surface area contributed by atoms with Gasteiger partial charge in [-0.3, -0.25) is 0 Å². The third-order valence-electron chi connectivity index (χ3n) is 2.63. The van der Waals surface area contributed by atoms with Crippen LogP contribution in [0.3, 0.4) is 0 Å². The van der Waals surface area contributed by atoms with Crippen LogP contribution in [-0.4, -0.2) is 39.5 Å². The zero-order chi connectivity index (χ0) is 13.6. The molecule has 6 heteroatoms. The van der Waals surface area contributed by atoms with Crippen molar-refractivity contribution < 1.29 is 13.2 Å². The predicted molar refractivity (Wildman–Crippen MR) is 72.3 cm³/mol. The van der Waals surface area contributed by atoms with E-state index in [1.165, 1.54) is 4.31 Å². The fourth-order valence-corrected chi connectivity index (χ4v) is 3.61. The van der Waals surface area contributed by atoms with Crippen LogP contribution in [0.5, 0.6) is 0 Å². The Morgan fingerprint density at radius 2 is 2.00 bits per heavy atom. The molecule has 1 aromatic carbocycles. The molecule has 0 saturated heterocycles. The molecule has 1 aromatic rings. The first-order valence-electron chi connectivity index (χ1n) is 5.70. The van der Waals surface area contributed by atoms with Crippen LogP contribution in [0.25, 0.3) is 0 Å². The summed E-state index contributed by atoms with van der Waals surface area (Å²) in [5, 5.41) is 0. The molecular formula is C12H18ClNO3S. The highest BCUT2D eigenvalue weighted by atomic mass is 35.5. The number of hydrogen-bond acceptors (Lipinski definition) is 3. The monoisotopic (exact) mass is 291 g/mol. The number of nitrogens with zero attached hydrogens (tertiary/aromatic N) is 1. The van der Waals surface area contributed by atoms with Gasteiger partial charge in [0.1, 0.15) is 0 Å². The van der Waals surface area contributed by atoms with E-state index in [1.54, 1.807) is 38.3 Å². The van der Waals surface area contributed by atoms with Gasteiger partial charge in [-0.15, -0.1) is 11.6 Å². The van der Waals surface area contributed by atoms with Crippen LogP contribution in [0.15, 0.2) is 29.2 Å². The highest BCUT2D eigenvalue weighted by molar-refractivity contribution is 7.89. The van der Waals surface area contributed by atoms with E-state index in [4.69, 9.17) is 16.3 Å². The number of alkyl halides is 1. The molecule has 0 radical (unpaired) electrons. The van der Waals surface area contributed by atoms with Gasteiger partial charge in [-0.2, -0.15) is 4.31 Å². The number of rotatable bonds is 7. The van der Waals surface area contributed by atoms with Crippen molar-refractivity contribution in [3.05, 3.63) is 29.8 Å². The lowest BCUT2D eigenvalue weighted by atomic mass is 10.2. The Morgan fingerprint density at radius 1 is 1.33 bits per heavy atom. The third kappa shape index (κ3) is 3.45. The summed E-state index contributed by atoms with van der Waals surface area (Å²) >= 11 is 5.78. The summed E-state index contributed by atoms with van der Waals surface area (Å²) in [5.74, 6) is 0.178. The molecule has 0 spiro atoms. The van der Waals surface area contributed by atoms with E-state index in [2.05, 4.69) is 0 Å². The molecule has 0 aromatic heterocycles. The van der Waals surface area contributed by atoms with Gasteiger partial charge in [-0.1, -0.05) is 25.1 Å². The molecule has 1 rings (SSSR count). The second-order valence-electron chi connectivity index (χ2n) is 3.73. The Labute approximate surface area is 114 Å². The van der Waals surface area contributed by atoms with Crippen molar-refractivity contribution in [3.63, 3.8) is 0 Å². The molecule has 0 bridgehead atoms. The highest BCUT2D eigenvalue weighted by Crippen LogP contribution is 2.21. The Bertz CT molecular complexity index is 476. The van der Waals surface area contributed by atoms with Gasteiger partial charge in [0.05, 0.1) is 11.5 Å². The van der Waals surface area contributed by atoms with Crippen molar-refractivity contribution in [1.29, 1.82) is 0 Å². The number of benzene rings is 1. The Hall–Kier alpha value is -0.620. The summed E-state index contributed by atoms with van der Waals surface area (Å²) in [6.07, 6.45) is 0. The lowest BCUT2D eigenvalue weighted by Crippen LogP contribution is -2.34. The molecule has 0 aliphatic carbocycles. The maximum absolute atomic E-state index is 12.5. The van der Waals surface area contributed by atoms with Gasteiger partial charge >= 0.3 is 0 Å². The number of methoxy groups -OCH3 is 1. The van der Waals surface area contributed by atoms with Crippen LogP contribution in [0, 0.1) is 0 Å². The van der Waals surface area contributed by atoms with Crippen molar-refractivity contribution in [2.45, 2.75) is 17.7 Å². The highest BCUT2D eigenvalue weighted by Gasteiger charge is 2.24. The van der Waals surface area contributed by atoms with Crippen molar-refractivity contribution in [2.24, 2.45) is 0 Å². The zero-order valence-electron chi connectivity index (χ0n) is 10.6. The Kier molecular flexibility index (Phi) is 6.08. The van der Waals surface area contributed by atoms with E-state index in [0.717, 1.165) is 0 Å². The number of sulfonamides is 1. The molecule has 4 nitrogen and oxygen atoms in total. The van der Waals surface area contributed by atoms with Crippen LogP contribution in [0.1, 0.15) is 12.5 Å². The lowest BCUT2D eigenvalue weighted by molar-refractivity contribution is 0.180. The van der Waals surface area contributed by atoms with E-state index in [-0.39, 0.29) is 10.8 Å². The van der Waals surface area contributed by atoms with Crippen LogP contribution < -0.4 is 0 Å². The van der Waals surface area contributed by atoms with Crippen LogP contribution in [0.2, 0.25) is 0 Å². The first kappa shape index (κ1) is 15.4. The van der Waals surface area contributed by atoms with E-state index in [1.807, 2.05) is 0 Å². The van der Waals surface area contributed by atoms with Gasteiger partial charge in [-0.25, -0.2) is 8.42 Å². The largest absolute Gasteiger partial charge is 0.383 e. The van der Waals surface area contributed by atoms with Gasteiger partial charge in [0, 0.05) is 26.1 Å². The molecular weight excluding hydrogens is 274 g/mol. The number of ether oxygens (including phenoxy) is 1. The third-order valence-corrected chi connectivity index (χ3v) is 4.99. The molecule has 0 amide bonds. The van der Waals surface area contributed by atoms with E-state index >= 15 is 0 Å². The number of halogens is 1. The molecule has 0 aliphatic heterocycles. The van der Waals surface area contributed by atoms with Crippen LogP contribution >= 0.6 is 11.6 Å². The van der Waals surface area contributed by atoms with E-state index in [0.29, 0.717) is 25.3 Å². The molecule has 18 heavy (non-hydrogen) atoms. The normalized spacial score (nSPS) is 12.0. The predicted octanol–water partition coefficient (Wildman–Crippen LogP) is 2.08. The maximum atomic E-state index is 12.5. The molecule has 0 N–H and O–H groups in total. The van der Waals surface area contributed by atoms with Crippen LogP contribution in [0.4, 0.5) is 0 Å². The van der Waals surface area contributed by atoms with E-state index < -0.39 is 10.0 Å². The first-order valence-corrected chi connectivity index (χ1v) is 7.68. The second kappa shape index (κ2) is 7.09. The summed E-state index contributed by atoms with van der Waals surface area (Å²) in [4.78, 5) is 0.276. The number of likely N-dealkylation sites (N-methyl/N-ethyl adjacent to an activating group) is 1. The minimum Gasteiger partial charge on any atom is -0.383 e. The second-order valence-corrected chi connectivity index (χ2v) is 5.90. The van der Waals surface area contributed by atoms with Crippen molar-refractivity contribution in [3.8, 4) is 0 Å². The molecule has 0 atom stereocenters. The SMILES string of the molecule is CCN(CCOC)S(=O)(=O)c1ccccc1CCl. The summed E-state index contributed by atoms with van der Waals surface area (Å²) in [7, 11) is -1.95. The topological polar surface area (TPSA) is 46.6 Å². The van der Waals surface area contributed by atoms with Crippen LogP contribution in [-0.2, 0) is 20.6 Å². The summed E-state index contributed by atoms with van der Waals surface area (Å²) in [6.45, 7) is 2.92. The molecule has 0 unspecified atom stereocenters. The summed E-state index contributed by atoms with van der Waals surface area (Å²) < 4.78 is 31.2. The van der Waals surface area contributed by atoms with Gasteiger partial charge in [-0.05, 0) is 11.6 Å². The van der Waals surface area contributed by atoms with Crippen molar-refractivity contribution in [1.82, 2.24) is 4.31 Å². The van der Waals surface area contributed by atoms with Crippen molar-refractivity contribution >= 4 is 21.6 Å². The Morgan fingerprint density at radius 3 is 2.56 bits per heavy atom. The number of hydrogen-bond donors (Lipinski definition) is 0. The van der Waals surface area contributed by atoms with Gasteiger partial charge in [0.2, 0.25) is 10.0 Å². The fourth-order valence-electron chi connectivity index (χ4n) is 1.65. The standard InChI is InChI=1S/C12H18ClNO3S/c1-3-14(8-9-17-2)18(15,16)12-7-5-4-6-11(12)10-13/h4-7H,3,8-10H2,1-2H3. The Balaban J connectivity index is 3.10. The smallest absolute Gasteiger partial charge is 0.243 e. The average molecular weight is 292 g/mol. The molecule has 102 valence electrons. The quantitative estimate of drug-likeness (QED) is 0.723. The van der Waals surface area contributed by atoms with E-state index in [9.17, 15) is 8.42 Å². The fraction of sp³-hybridized carbons (Fsp3) is 0.500. The van der Waals surface area contributed by atoms with Gasteiger partial charge in [0.25, 0.3) is 0 Å². The zero-order valence-corrected chi connectivity index (χ0v) is 12.2. The average Bonchev–Trinajstić information content (AvgIpc) is 2.39. The summed E-state index contributed by atoms with van der Waals surface area (Å²) in [5.41, 5.74) is 0.620. The molecule has 0 aliphatic rings. The molecule has 0 heterocycles. The minimum atomic E-state index is -3.50. The summed E-state index contributed by atoms with van der Waals surface area (Å²) in [6, 6.07) is 6.79. The van der Waals surface area contributed by atoms with Gasteiger partial charge in [0.15, 0.2) is 0 Å². The molecule has 0 saturated carbocycles.